The number of nitriles is 1. The first kappa shape index (κ1) is 12.1. The quantitative estimate of drug-likeness (QED) is 0.663. The zero-order valence-corrected chi connectivity index (χ0v) is 10.7. The summed E-state index contributed by atoms with van der Waals surface area (Å²) in [7, 11) is 0. The first-order valence-corrected chi connectivity index (χ1v) is 6.01. The van der Waals surface area contributed by atoms with Crippen molar-refractivity contribution in [3.63, 3.8) is 0 Å². The Hall–Kier alpha value is -3.00. The number of aryl methyl sites for hydroxylation is 1. The topological polar surface area (TPSA) is 82.1 Å². The van der Waals surface area contributed by atoms with Crippen LogP contribution in [0, 0.1) is 18.3 Å². The summed E-state index contributed by atoms with van der Waals surface area (Å²) in [6.45, 7) is 1.83. The molecule has 0 unspecified atom stereocenters. The molecular weight excluding hydrogens is 254 g/mol. The molecule has 0 fully saturated rings. The van der Waals surface area contributed by atoms with E-state index >= 15 is 0 Å². The van der Waals surface area contributed by atoms with Crippen molar-refractivity contribution in [1.29, 1.82) is 5.26 Å². The molecule has 0 saturated carbocycles. The summed E-state index contributed by atoms with van der Waals surface area (Å²) < 4.78 is 0.914. The molecule has 2 heterocycles. The Morgan fingerprint density at radius 1 is 1.30 bits per heavy atom. The summed E-state index contributed by atoms with van der Waals surface area (Å²) in [5.41, 5.74) is 3.33. The third-order valence-corrected chi connectivity index (χ3v) is 3.24. The molecule has 0 spiro atoms. The fourth-order valence-electron chi connectivity index (χ4n) is 2.42. The molecule has 2 aliphatic rings. The lowest BCUT2D eigenvalue weighted by molar-refractivity contribution is 0.186. The molecule has 5 nitrogen and oxygen atoms in total. The van der Waals surface area contributed by atoms with Gasteiger partial charge in [0.2, 0.25) is 0 Å². The second kappa shape index (κ2) is 4.28. The van der Waals surface area contributed by atoms with E-state index in [9.17, 15) is 15.6 Å². The largest absolute Gasteiger partial charge is 0.508 e. The molecule has 20 heavy (non-hydrogen) atoms. The maximum atomic E-state index is 9.88. The Bertz CT molecular complexity index is 815. The summed E-state index contributed by atoms with van der Waals surface area (Å²) in [6, 6.07) is 8.86. The Balaban J connectivity index is 2.41. The van der Waals surface area contributed by atoms with Crippen molar-refractivity contribution in [3.8, 4) is 34.3 Å². The number of aromatic nitrogens is 2. The number of benzene rings is 1. The molecule has 0 bridgehead atoms. The van der Waals surface area contributed by atoms with E-state index < -0.39 is 0 Å². The molecule has 1 aromatic carbocycles. The second-order valence-corrected chi connectivity index (χ2v) is 4.56. The van der Waals surface area contributed by atoms with Gasteiger partial charge in [0.1, 0.15) is 11.8 Å². The summed E-state index contributed by atoms with van der Waals surface area (Å²) in [5.74, 6) is 0.472. The van der Waals surface area contributed by atoms with Crippen LogP contribution < -0.4 is 0 Å². The van der Waals surface area contributed by atoms with Gasteiger partial charge in [0.25, 0.3) is 0 Å². The van der Waals surface area contributed by atoms with Crippen molar-refractivity contribution < 1.29 is 10.3 Å². The average molecular weight is 265 g/mol. The van der Waals surface area contributed by atoms with Gasteiger partial charge in [-0.1, -0.05) is 12.1 Å². The summed E-state index contributed by atoms with van der Waals surface area (Å²) >= 11 is 0. The van der Waals surface area contributed by atoms with Crippen LogP contribution in [0.3, 0.4) is 0 Å². The van der Waals surface area contributed by atoms with Crippen LogP contribution in [-0.2, 0) is 0 Å². The number of phenolic OH excluding ortho intramolecular Hbond substituents is 1. The first-order chi connectivity index (χ1) is 9.61. The monoisotopic (exact) mass is 265 g/mol. The normalized spacial score (nSPS) is 10.6. The lowest BCUT2D eigenvalue weighted by Gasteiger charge is -2.15. The van der Waals surface area contributed by atoms with E-state index in [0.717, 1.165) is 21.4 Å². The Labute approximate surface area is 115 Å². The van der Waals surface area contributed by atoms with Crippen molar-refractivity contribution in [2.24, 2.45) is 0 Å². The highest BCUT2D eigenvalue weighted by molar-refractivity contribution is 5.87. The van der Waals surface area contributed by atoms with E-state index in [-0.39, 0.29) is 5.75 Å². The minimum absolute atomic E-state index is 0.147. The van der Waals surface area contributed by atoms with Crippen molar-refractivity contribution in [2.75, 3.05) is 0 Å². The molecule has 0 aromatic heterocycles. The SMILES string of the molecule is Cc1cn(O)c2ncc(C#N)c-2c1-c1cccc(O)c1. The summed E-state index contributed by atoms with van der Waals surface area (Å²) in [6.07, 6.45) is 2.97. The minimum atomic E-state index is 0.147. The molecule has 2 aliphatic heterocycles. The number of nitrogens with zero attached hydrogens (tertiary/aromatic N) is 3. The maximum absolute atomic E-state index is 9.88. The predicted octanol–water partition coefficient (Wildman–Crippen LogP) is 2.78. The summed E-state index contributed by atoms with van der Waals surface area (Å²) in [4.78, 5) is 4.07. The van der Waals surface area contributed by atoms with Crippen LogP contribution in [0.4, 0.5) is 0 Å². The van der Waals surface area contributed by atoms with Crippen molar-refractivity contribution in [1.82, 2.24) is 9.71 Å². The molecule has 5 heteroatoms. The lowest BCUT2D eigenvalue weighted by Crippen LogP contribution is -2.03. The van der Waals surface area contributed by atoms with E-state index in [0.29, 0.717) is 17.0 Å². The van der Waals surface area contributed by atoms with Crippen LogP contribution >= 0.6 is 0 Å². The third kappa shape index (κ3) is 1.67. The Kier molecular flexibility index (Phi) is 2.58. The highest BCUT2D eigenvalue weighted by Gasteiger charge is 2.22. The number of hydrogen-bond donors (Lipinski definition) is 2. The number of fused-ring (bicyclic) bond motifs is 1. The standard InChI is InChI=1S/C15H11N3O2/c1-9-8-18(20)15-14(11(6-16)7-17-15)13(9)10-3-2-4-12(19)5-10/h2-5,7-8,19-20H,1H3. The fourth-order valence-corrected chi connectivity index (χ4v) is 2.42. The van der Waals surface area contributed by atoms with Gasteiger partial charge in [0.05, 0.1) is 5.56 Å². The molecular formula is C15H11N3O2. The van der Waals surface area contributed by atoms with Crippen molar-refractivity contribution in [3.05, 3.63) is 47.8 Å². The molecule has 3 rings (SSSR count). The van der Waals surface area contributed by atoms with E-state index in [1.54, 1.807) is 18.2 Å². The van der Waals surface area contributed by atoms with E-state index in [2.05, 4.69) is 11.1 Å². The van der Waals surface area contributed by atoms with E-state index in [1.807, 2.05) is 13.0 Å². The van der Waals surface area contributed by atoms with Gasteiger partial charge in [0, 0.05) is 18.0 Å². The van der Waals surface area contributed by atoms with Gasteiger partial charge in [-0.05, 0) is 35.7 Å². The van der Waals surface area contributed by atoms with Crippen LogP contribution in [0.25, 0.3) is 22.5 Å². The molecule has 0 saturated heterocycles. The van der Waals surface area contributed by atoms with Gasteiger partial charge in [-0.15, -0.1) is 0 Å². The number of hydrogen-bond acceptors (Lipinski definition) is 4. The highest BCUT2D eigenvalue weighted by atomic mass is 16.5. The molecule has 0 radical (unpaired) electrons. The van der Waals surface area contributed by atoms with Gasteiger partial charge in [-0.25, -0.2) is 4.98 Å². The first-order valence-electron chi connectivity index (χ1n) is 6.01. The van der Waals surface area contributed by atoms with Gasteiger partial charge >= 0.3 is 0 Å². The smallest absolute Gasteiger partial charge is 0.177 e. The number of aromatic hydroxyl groups is 1. The molecule has 0 aliphatic carbocycles. The zero-order valence-electron chi connectivity index (χ0n) is 10.7. The molecule has 2 N–H and O–H groups in total. The molecule has 1 aromatic rings. The third-order valence-electron chi connectivity index (χ3n) is 3.24. The van der Waals surface area contributed by atoms with Crippen LogP contribution in [0.2, 0.25) is 0 Å². The molecule has 98 valence electrons. The number of phenols is 1. The minimum Gasteiger partial charge on any atom is -0.508 e. The van der Waals surface area contributed by atoms with Crippen LogP contribution in [-0.4, -0.2) is 20.0 Å². The van der Waals surface area contributed by atoms with Gasteiger partial charge in [0.15, 0.2) is 5.82 Å². The fraction of sp³-hybridized carbons (Fsp3) is 0.0667. The van der Waals surface area contributed by atoms with Crippen molar-refractivity contribution >= 4 is 0 Å². The molecule has 0 atom stereocenters. The Morgan fingerprint density at radius 2 is 2.10 bits per heavy atom. The highest BCUT2D eigenvalue weighted by Crippen LogP contribution is 2.38. The predicted molar refractivity (Wildman–Crippen MR) is 72.6 cm³/mol. The van der Waals surface area contributed by atoms with Gasteiger partial charge in [-0.3, -0.25) is 0 Å². The van der Waals surface area contributed by atoms with Crippen LogP contribution in [0.5, 0.6) is 5.75 Å². The number of rotatable bonds is 1. The van der Waals surface area contributed by atoms with Gasteiger partial charge in [-0.2, -0.15) is 9.99 Å². The zero-order chi connectivity index (χ0) is 14.3. The van der Waals surface area contributed by atoms with Gasteiger partial charge < -0.3 is 10.3 Å². The Morgan fingerprint density at radius 3 is 2.80 bits per heavy atom. The second-order valence-electron chi connectivity index (χ2n) is 4.56. The van der Waals surface area contributed by atoms with E-state index in [1.165, 1.54) is 12.4 Å². The maximum Gasteiger partial charge on any atom is 0.177 e. The lowest BCUT2D eigenvalue weighted by atomic mass is 9.94. The van der Waals surface area contributed by atoms with Crippen molar-refractivity contribution in [2.45, 2.75) is 6.92 Å². The van der Waals surface area contributed by atoms with Crippen LogP contribution in [0.15, 0.2) is 36.7 Å². The number of pyridine rings is 1. The molecule has 0 amide bonds. The van der Waals surface area contributed by atoms with E-state index in [4.69, 9.17) is 0 Å². The summed E-state index contributed by atoms with van der Waals surface area (Å²) in [5, 5.41) is 28.7. The average Bonchev–Trinajstić information content (AvgIpc) is 2.83. The van der Waals surface area contributed by atoms with Crippen LogP contribution in [0.1, 0.15) is 11.1 Å².